The SMILES string of the molecule is Cc1cccc(C(=O)N(Cc2cccnc2)C[C@@H]2CCCN(C3CCCCC3)C2)c1. The molecule has 2 aromatic rings. The van der Waals surface area contributed by atoms with Gasteiger partial charge >= 0.3 is 0 Å². The quantitative estimate of drug-likeness (QED) is 0.673. The molecule has 0 spiro atoms. The van der Waals surface area contributed by atoms with E-state index in [4.69, 9.17) is 0 Å². The third-order valence-corrected chi connectivity index (χ3v) is 6.77. The summed E-state index contributed by atoms with van der Waals surface area (Å²) in [5, 5.41) is 0. The van der Waals surface area contributed by atoms with Gasteiger partial charge in [0.2, 0.25) is 0 Å². The largest absolute Gasteiger partial charge is 0.334 e. The summed E-state index contributed by atoms with van der Waals surface area (Å²) in [5.41, 5.74) is 3.01. The number of rotatable bonds is 6. The van der Waals surface area contributed by atoms with Gasteiger partial charge in [0.15, 0.2) is 0 Å². The Kier molecular flexibility index (Phi) is 7.16. The lowest BCUT2D eigenvalue weighted by molar-refractivity contribution is 0.0583. The predicted octanol–water partition coefficient (Wildman–Crippen LogP) is 5.08. The van der Waals surface area contributed by atoms with Crippen molar-refractivity contribution in [3.63, 3.8) is 0 Å². The van der Waals surface area contributed by atoms with Gasteiger partial charge in [0.1, 0.15) is 0 Å². The molecule has 30 heavy (non-hydrogen) atoms. The first-order chi connectivity index (χ1) is 14.7. The van der Waals surface area contributed by atoms with E-state index < -0.39 is 0 Å². The molecule has 160 valence electrons. The molecular formula is C26H35N3O. The Morgan fingerprint density at radius 1 is 1.10 bits per heavy atom. The Balaban J connectivity index is 1.48. The van der Waals surface area contributed by atoms with Crippen LogP contribution in [0.2, 0.25) is 0 Å². The summed E-state index contributed by atoms with van der Waals surface area (Å²) >= 11 is 0. The topological polar surface area (TPSA) is 36.4 Å². The van der Waals surface area contributed by atoms with E-state index in [1.54, 1.807) is 6.20 Å². The maximum atomic E-state index is 13.5. The van der Waals surface area contributed by atoms with Gasteiger partial charge in [0, 0.05) is 43.6 Å². The van der Waals surface area contributed by atoms with Crippen LogP contribution in [0.15, 0.2) is 48.8 Å². The second kappa shape index (κ2) is 10.2. The molecule has 1 aliphatic heterocycles. The first-order valence-corrected chi connectivity index (χ1v) is 11.7. The average molecular weight is 406 g/mol. The van der Waals surface area contributed by atoms with Crippen LogP contribution in [0.1, 0.15) is 66.4 Å². The molecule has 1 aliphatic carbocycles. The minimum atomic E-state index is 0.136. The number of amides is 1. The van der Waals surface area contributed by atoms with Crippen LogP contribution in [0, 0.1) is 12.8 Å². The number of carbonyl (C=O) groups is 1. The summed E-state index contributed by atoms with van der Waals surface area (Å²) < 4.78 is 0. The maximum absolute atomic E-state index is 13.5. The van der Waals surface area contributed by atoms with E-state index in [0.29, 0.717) is 12.5 Å². The maximum Gasteiger partial charge on any atom is 0.254 e. The number of piperidine rings is 1. The standard InChI is InChI=1S/C26H35N3O/c1-21-8-5-11-24(16-21)26(30)29(18-22-9-6-14-27-17-22)20-23-10-7-15-28(19-23)25-12-3-2-4-13-25/h5-6,8-9,11,14,16-17,23,25H,2-4,7,10,12-13,15,18-20H2,1H3/t23-/m1/s1. The van der Waals surface area contributed by atoms with E-state index >= 15 is 0 Å². The third kappa shape index (κ3) is 5.48. The highest BCUT2D eigenvalue weighted by atomic mass is 16.2. The summed E-state index contributed by atoms with van der Waals surface area (Å²) in [5.74, 6) is 0.684. The lowest BCUT2D eigenvalue weighted by atomic mass is 9.90. The van der Waals surface area contributed by atoms with Crippen molar-refractivity contribution < 1.29 is 4.79 Å². The number of hydrogen-bond donors (Lipinski definition) is 0. The van der Waals surface area contributed by atoms with Crippen LogP contribution in [0.4, 0.5) is 0 Å². The number of carbonyl (C=O) groups excluding carboxylic acids is 1. The van der Waals surface area contributed by atoms with Gasteiger partial charge in [0.05, 0.1) is 0 Å². The number of hydrogen-bond acceptors (Lipinski definition) is 3. The van der Waals surface area contributed by atoms with E-state index in [-0.39, 0.29) is 5.91 Å². The molecule has 1 amide bonds. The summed E-state index contributed by atoms with van der Waals surface area (Å²) in [4.78, 5) is 22.5. The van der Waals surface area contributed by atoms with Crippen molar-refractivity contribution >= 4 is 5.91 Å². The second-order valence-electron chi connectivity index (χ2n) is 9.21. The second-order valence-corrected chi connectivity index (χ2v) is 9.21. The van der Waals surface area contributed by atoms with Crippen LogP contribution < -0.4 is 0 Å². The molecule has 1 saturated carbocycles. The molecule has 0 bridgehead atoms. The number of aromatic nitrogens is 1. The van der Waals surface area contributed by atoms with Crippen molar-refractivity contribution in [1.29, 1.82) is 0 Å². The fourth-order valence-corrected chi connectivity index (χ4v) is 5.23. The van der Waals surface area contributed by atoms with Crippen molar-refractivity contribution in [2.75, 3.05) is 19.6 Å². The number of likely N-dealkylation sites (tertiary alicyclic amines) is 1. The van der Waals surface area contributed by atoms with Gasteiger partial charge in [-0.3, -0.25) is 9.78 Å². The zero-order chi connectivity index (χ0) is 20.8. The van der Waals surface area contributed by atoms with E-state index in [9.17, 15) is 4.79 Å². The highest BCUT2D eigenvalue weighted by Crippen LogP contribution is 2.28. The molecule has 0 N–H and O–H groups in total. The third-order valence-electron chi connectivity index (χ3n) is 6.77. The molecular weight excluding hydrogens is 370 g/mol. The Morgan fingerprint density at radius 2 is 1.97 bits per heavy atom. The van der Waals surface area contributed by atoms with Gasteiger partial charge in [-0.2, -0.15) is 0 Å². The Hall–Kier alpha value is -2.20. The minimum absolute atomic E-state index is 0.136. The number of nitrogens with zero attached hydrogens (tertiary/aromatic N) is 3. The number of pyridine rings is 1. The van der Waals surface area contributed by atoms with Crippen molar-refractivity contribution in [2.45, 2.75) is 64.5 Å². The molecule has 1 aromatic carbocycles. The average Bonchev–Trinajstić information content (AvgIpc) is 2.80. The van der Waals surface area contributed by atoms with Crippen LogP contribution in [0.5, 0.6) is 0 Å². The molecule has 4 nitrogen and oxygen atoms in total. The van der Waals surface area contributed by atoms with Crippen molar-refractivity contribution in [2.24, 2.45) is 5.92 Å². The van der Waals surface area contributed by atoms with Crippen LogP contribution in [0.3, 0.4) is 0 Å². The molecule has 1 saturated heterocycles. The molecule has 2 heterocycles. The van der Waals surface area contributed by atoms with Gasteiger partial charge in [0.25, 0.3) is 5.91 Å². The molecule has 4 heteroatoms. The van der Waals surface area contributed by atoms with Gasteiger partial charge < -0.3 is 9.80 Å². The highest BCUT2D eigenvalue weighted by Gasteiger charge is 2.29. The highest BCUT2D eigenvalue weighted by molar-refractivity contribution is 5.94. The van der Waals surface area contributed by atoms with E-state index in [1.807, 2.05) is 43.5 Å². The van der Waals surface area contributed by atoms with Gasteiger partial charge in [-0.25, -0.2) is 0 Å². The smallest absolute Gasteiger partial charge is 0.254 e. The molecule has 0 radical (unpaired) electrons. The van der Waals surface area contributed by atoms with E-state index in [2.05, 4.69) is 20.9 Å². The Morgan fingerprint density at radius 3 is 2.73 bits per heavy atom. The first-order valence-electron chi connectivity index (χ1n) is 11.7. The monoisotopic (exact) mass is 405 g/mol. The summed E-state index contributed by atoms with van der Waals surface area (Å²) in [7, 11) is 0. The van der Waals surface area contributed by atoms with E-state index in [1.165, 1.54) is 51.5 Å². The minimum Gasteiger partial charge on any atom is -0.334 e. The molecule has 1 atom stereocenters. The van der Waals surface area contributed by atoms with Gasteiger partial charge in [-0.1, -0.05) is 43.0 Å². The zero-order valence-electron chi connectivity index (χ0n) is 18.3. The number of aryl methyl sites for hydroxylation is 1. The summed E-state index contributed by atoms with van der Waals surface area (Å²) in [6, 6.07) is 12.8. The predicted molar refractivity (Wildman–Crippen MR) is 121 cm³/mol. The van der Waals surface area contributed by atoms with Crippen LogP contribution >= 0.6 is 0 Å². The van der Waals surface area contributed by atoms with Crippen LogP contribution in [-0.2, 0) is 6.54 Å². The fraction of sp³-hybridized carbons (Fsp3) is 0.538. The summed E-state index contributed by atoms with van der Waals surface area (Å²) in [6.07, 6.45) is 13.0. The van der Waals surface area contributed by atoms with Crippen LogP contribution in [0.25, 0.3) is 0 Å². The zero-order valence-corrected chi connectivity index (χ0v) is 18.3. The van der Waals surface area contributed by atoms with Crippen LogP contribution in [-0.4, -0.2) is 46.4 Å². The molecule has 2 aliphatic rings. The number of benzene rings is 1. The van der Waals surface area contributed by atoms with Crippen molar-refractivity contribution in [1.82, 2.24) is 14.8 Å². The van der Waals surface area contributed by atoms with E-state index in [0.717, 1.165) is 35.8 Å². The molecule has 1 aromatic heterocycles. The van der Waals surface area contributed by atoms with Crippen molar-refractivity contribution in [3.05, 3.63) is 65.5 Å². The molecule has 2 fully saturated rings. The summed E-state index contributed by atoms with van der Waals surface area (Å²) in [6.45, 7) is 5.86. The lowest BCUT2D eigenvalue weighted by Gasteiger charge is -2.41. The normalized spacial score (nSPS) is 20.8. The Labute approximate surface area is 181 Å². The Bertz CT molecular complexity index is 816. The van der Waals surface area contributed by atoms with Gasteiger partial charge in [-0.05, 0) is 68.8 Å². The first kappa shape index (κ1) is 21.0. The van der Waals surface area contributed by atoms with Crippen molar-refractivity contribution in [3.8, 4) is 0 Å². The molecule has 4 rings (SSSR count). The molecule has 0 unspecified atom stereocenters. The fourth-order valence-electron chi connectivity index (χ4n) is 5.23. The lowest BCUT2D eigenvalue weighted by Crippen LogP contribution is -2.47. The van der Waals surface area contributed by atoms with Gasteiger partial charge in [-0.15, -0.1) is 0 Å².